The van der Waals surface area contributed by atoms with Crippen LogP contribution in [-0.2, 0) is 14.3 Å². The third-order valence-electron chi connectivity index (χ3n) is 5.18. The summed E-state index contributed by atoms with van der Waals surface area (Å²) in [6.07, 6.45) is 7.34. The molecule has 2 fully saturated rings. The van der Waals surface area contributed by atoms with Crippen LogP contribution in [0.1, 0.15) is 51.4 Å². The molecule has 0 aromatic carbocycles. The van der Waals surface area contributed by atoms with Crippen LogP contribution < -0.4 is 0 Å². The van der Waals surface area contributed by atoms with Crippen molar-refractivity contribution < 1.29 is 19.4 Å². The molecule has 0 aromatic heterocycles. The smallest absolute Gasteiger partial charge is 0.306 e. The van der Waals surface area contributed by atoms with Crippen molar-refractivity contribution in [2.75, 3.05) is 26.8 Å². The van der Waals surface area contributed by atoms with E-state index >= 15 is 0 Å². The lowest BCUT2D eigenvalue weighted by Gasteiger charge is -2.32. The molecule has 1 heterocycles. The number of rotatable bonds is 5. The van der Waals surface area contributed by atoms with Crippen molar-refractivity contribution in [2.45, 2.75) is 51.4 Å². The zero-order chi connectivity index (χ0) is 15.9. The minimum Gasteiger partial charge on any atom is -0.481 e. The SMILES string of the molecule is COCCC1CCCCN(C(=O)C2CCCC(C(=O)O)C2)C1. The summed E-state index contributed by atoms with van der Waals surface area (Å²) in [6.45, 7) is 2.39. The van der Waals surface area contributed by atoms with Gasteiger partial charge in [0.2, 0.25) is 5.91 Å². The van der Waals surface area contributed by atoms with Gasteiger partial charge in [0.05, 0.1) is 5.92 Å². The van der Waals surface area contributed by atoms with Crippen LogP contribution >= 0.6 is 0 Å². The molecule has 2 aliphatic rings. The van der Waals surface area contributed by atoms with Crippen molar-refractivity contribution in [3.63, 3.8) is 0 Å². The van der Waals surface area contributed by atoms with E-state index in [1.165, 1.54) is 6.42 Å². The van der Waals surface area contributed by atoms with Crippen molar-refractivity contribution in [2.24, 2.45) is 17.8 Å². The van der Waals surface area contributed by atoms with E-state index in [9.17, 15) is 14.7 Å². The first-order chi connectivity index (χ1) is 10.6. The van der Waals surface area contributed by atoms with Gasteiger partial charge in [0, 0.05) is 32.7 Å². The summed E-state index contributed by atoms with van der Waals surface area (Å²) >= 11 is 0. The standard InChI is InChI=1S/C17H29NO4/c1-22-10-8-13-5-2-3-9-18(12-13)16(19)14-6-4-7-15(11-14)17(20)21/h13-15H,2-12H2,1H3,(H,20,21). The monoisotopic (exact) mass is 311 g/mol. The third kappa shape index (κ3) is 4.70. The van der Waals surface area contributed by atoms with E-state index < -0.39 is 5.97 Å². The van der Waals surface area contributed by atoms with E-state index in [0.717, 1.165) is 58.2 Å². The Morgan fingerprint density at radius 2 is 1.91 bits per heavy atom. The van der Waals surface area contributed by atoms with Gasteiger partial charge in [-0.1, -0.05) is 12.8 Å². The fraction of sp³-hybridized carbons (Fsp3) is 0.882. The highest BCUT2D eigenvalue weighted by Crippen LogP contribution is 2.31. The van der Waals surface area contributed by atoms with Crippen LogP contribution in [0.4, 0.5) is 0 Å². The summed E-state index contributed by atoms with van der Waals surface area (Å²) in [7, 11) is 1.72. The highest BCUT2D eigenvalue weighted by molar-refractivity contribution is 5.80. The van der Waals surface area contributed by atoms with Crippen molar-refractivity contribution in [3.05, 3.63) is 0 Å². The Labute approximate surface area is 133 Å². The number of hydrogen-bond acceptors (Lipinski definition) is 3. The van der Waals surface area contributed by atoms with Crippen LogP contribution in [0.25, 0.3) is 0 Å². The number of carbonyl (C=O) groups is 2. The van der Waals surface area contributed by atoms with Crippen LogP contribution in [0.2, 0.25) is 0 Å². The largest absolute Gasteiger partial charge is 0.481 e. The van der Waals surface area contributed by atoms with Crippen LogP contribution in [0.15, 0.2) is 0 Å². The maximum absolute atomic E-state index is 12.8. The molecule has 1 saturated carbocycles. The van der Waals surface area contributed by atoms with E-state index in [-0.39, 0.29) is 17.7 Å². The minimum absolute atomic E-state index is 0.0870. The normalized spacial score (nSPS) is 29.9. The Kier molecular flexibility index (Phi) is 6.68. The number of methoxy groups -OCH3 is 1. The van der Waals surface area contributed by atoms with Crippen LogP contribution in [-0.4, -0.2) is 48.7 Å². The fourth-order valence-corrected chi connectivity index (χ4v) is 3.85. The molecule has 22 heavy (non-hydrogen) atoms. The first kappa shape index (κ1) is 17.3. The van der Waals surface area contributed by atoms with E-state index in [2.05, 4.69) is 0 Å². The van der Waals surface area contributed by atoms with Gasteiger partial charge in [0.25, 0.3) is 0 Å². The van der Waals surface area contributed by atoms with Gasteiger partial charge in [-0.05, 0) is 44.4 Å². The topological polar surface area (TPSA) is 66.8 Å². The van der Waals surface area contributed by atoms with E-state index in [1.54, 1.807) is 7.11 Å². The Morgan fingerprint density at radius 1 is 1.14 bits per heavy atom. The molecular formula is C17H29NO4. The number of carboxylic acid groups (broad SMARTS) is 1. The summed E-state index contributed by atoms with van der Waals surface area (Å²) in [5, 5.41) is 9.19. The van der Waals surface area contributed by atoms with Gasteiger partial charge in [-0.2, -0.15) is 0 Å². The van der Waals surface area contributed by atoms with Crippen molar-refractivity contribution in [3.8, 4) is 0 Å². The molecule has 5 nitrogen and oxygen atoms in total. The van der Waals surface area contributed by atoms with Gasteiger partial charge in [-0.15, -0.1) is 0 Å². The van der Waals surface area contributed by atoms with E-state index in [1.807, 2.05) is 4.90 Å². The highest BCUT2D eigenvalue weighted by Gasteiger charge is 2.34. The molecule has 5 heteroatoms. The predicted octanol–water partition coefficient (Wildman–Crippen LogP) is 2.54. The first-order valence-corrected chi connectivity index (χ1v) is 8.62. The maximum Gasteiger partial charge on any atom is 0.306 e. The number of carboxylic acids is 1. The molecule has 0 radical (unpaired) electrons. The molecule has 1 amide bonds. The zero-order valence-electron chi connectivity index (χ0n) is 13.6. The molecular weight excluding hydrogens is 282 g/mol. The molecule has 1 aliphatic carbocycles. The van der Waals surface area contributed by atoms with E-state index in [0.29, 0.717) is 12.3 Å². The first-order valence-electron chi connectivity index (χ1n) is 8.62. The lowest BCUT2D eigenvalue weighted by atomic mass is 9.80. The number of carbonyl (C=O) groups excluding carboxylic acids is 1. The highest BCUT2D eigenvalue weighted by atomic mass is 16.5. The summed E-state index contributed by atoms with van der Waals surface area (Å²) in [5.41, 5.74) is 0. The third-order valence-corrected chi connectivity index (χ3v) is 5.18. The van der Waals surface area contributed by atoms with Gasteiger partial charge in [0.1, 0.15) is 0 Å². The van der Waals surface area contributed by atoms with Gasteiger partial charge in [-0.25, -0.2) is 0 Å². The van der Waals surface area contributed by atoms with Crippen LogP contribution in [0.3, 0.4) is 0 Å². The average molecular weight is 311 g/mol. The van der Waals surface area contributed by atoms with Gasteiger partial charge in [-0.3, -0.25) is 9.59 Å². The van der Waals surface area contributed by atoms with Gasteiger partial charge >= 0.3 is 5.97 Å². The Balaban J connectivity index is 1.93. The maximum atomic E-state index is 12.8. The lowest BCUT2D eigenvalue weighted by Crippen LogP contribution is -2.41. The number of hydrogen-bond donors (Lipinski definition) is 1. The van der Waals surface area contributed by atoms with Crippen molar-refractivity contribution >= 4 is 11.9 Å². The Morgan fingerprint density at radius 3 is 2.64 bits per heavy atom. The number of aliphatic carboxylic acids is 1. The Bertz CT molecular complexity index is 385. The number of amides is 1. The summed E-state index contributed by atoms with van der Waals surface area (Å²) in [5.74, 6) is -0.457. The quantitative estimate of drug-likeness (QED) is 0.847. The zero-order valence-corrected chi connectivity index (χ0v) is 13.6. The van der Waals surface area contributed by atoms with E-state index in [4.69, 9.17) is 4.74 Å². The second kappa shape index (κ2) is 8.51. The number of ether oxygens (including phenoxy) is 1. The molecule has 0 aromatic rings. The van der Waals surface area contributed by atoms with Crippen molar-refractivity contribution in [1.82, 2.24) is 4.90 Å². The molecule has 2 rings (SSSR count). The van der Waals surface area contributed by atoms with Crippen LogP contribution in [0.5, 0.6) is 0 Å². The second-order valence-corrected chi connectivity index (χ2v) is 6.83. The number of likely N-dealkylation sites (tertiary alicyclic amines) is 1. The molecule has 0 bridgehead atoms. The second-order valence-electron chi connectivity index (χ2n) is 6.83. The lowest BCUT2D eigenvalue weighted by molar-refractivity contribution is -0.145. The summed E-state index contributed by atoms with van der Waals surface area (Å²) in [4.78, 5) is 26.0. The molecule has 126 valence electrons. The summed E-state index contributed by atoms with van der Waals surface area (Å²) < 4.78 is 5.17. The molecule has 1 saturated heterocycles. The molecule has 0 spiro atoms. The number of nitrogens with zero attached hydrogens (tertiary/aromatic N) is 1. The van der Waals surface area contributed by atoms with Gasteiger partial charge < -0.3 is 14.7 Å². The molecule has 3 unspecified atom stereocenters. The molecule has 3 atom stereocenters. The van der Waals surface area contributed by atoms with Crippen LogP contribution in [0, 0.1) is 17.8 Å². The minimum atomic E-state index is -0.744. The molecule has 1 N–H and O–H groups in total. The average Bonchev–Trinajstić information content (AvgIpc) is 2.78. The fourth-order valence-electron chi connectivity index (χ4n) is 3.85. The Hall–Kier alpha value is -1.10. The van der Waals surface area contributed by atoms with Crippen molar-refractivity contribution in [1.29, 1.82) is 0 Å². The van der Waals surface area contributed by atoms with Gasteiger partial charge in [0.15, 0.2) is 0 Å². The predicted molar refractivity (Wildman–Crippen MR) is 83.5 cm³/mol. The molecule has 1 aliphatic heterocycles. The summed E-state index contributed by atoms with van der Waals surface area (Å²) in [6, 6.07) is 0.